The first-order chi connectivity index (χ1) is 9.22. The number of amides is 1. The zero-order chi connectivity index (χ0) is 13.7. The van der Waals surface area contributed by atoms with Crippen LogP contribution in [0.5, 0.6) is 0 Å². The molecule has 4 heteroatoms. The summed E-state index contributed by atoms with van der Waals surface area (Å²) in [5.74, 6) is 0.972. The summed E-state index contributed by atoms with van der Waals surface area (Å²) < 4.78 is 5.40. The standard InChI is InChI=1S/C15H18N2O2/c1-2-13-6-7-14(19-13)15(18)17-10-12-5-3-4-11(8-12)9-16/h3-8H,2,9-10,16H2,1H3,(H,17,18). The largest absolute Gasteiger partial charge is 0.456 e. The van der Waals surface area contributed by atoms with Gasteiger partial charge in [0.1, 0.15) is 5.76 Å². The summed E-state index contributed by atoms with van der Waals surface area (Å²) in [6.45, 7) is 2.95. The van der Waals surface area contributed by atoms with Crippen LogP contribution in [0, 0.1) is 0 Å². The van der Waals surface area contributed by atoms with E-state index < -0.39 is 0 Å². The molecule has 0 spiro atoms. The fourth-order valence-corrected chi connectivity index (χ4v) is 1.83. The highest BCUT2D eigenvalue weighted by atomic mass is 16.3. The minimum absolute atomic E-state index is 0.196. The number of nitrogens with one attached hydrogen (secondary N) is 1. The molecule has 0 saturated heterocycles. The topological polar surface area (TPSA) is 68.3 Å². The average molecular weight is 258 g/mol. The maximum atomic E-state index is 11.9. The molecule has 2 rings (SSSR count). The van der Waals surface area contributed by atoms with Gasteiger partial charge in [-0.2, -0.15) is 0 Å². The molecule has 3 N–H and O–H groups in total. The Morgan fingerprint density at radius 2 is 2.05 bits per heavy atom. The van der Waals surface area contributed by atoms with Crippen LogP contribution in [-0.4, -0.2) is 5.91 Å². The highest BCUT2D eigenvalue weighted by Crippen LogP contribution is 2.09. The van der Waals surface area contributed by atoms with Crippen molar-refractivity contribution in [2.45, 2.75) is 26.4 Å². The molecule has 0 saturated carbocycles. The molecule has 1 aromatic carbocycles. The molecule has 0 bridgehead atoms. The van der Waals surface area contributed by atoms with E-state index in [2.05, 4.69) is 5.32 Å². The summed E-state index contributed by atoms with van der Waals surface area (Å²) in [5, 5.41) is 2.83. The molecular weight excluding hydrogens is 240 g/mol. The lowest BCUT2D eigenvalue weighted by atomic mass is 10.1. The molecule has 19 heavy (non-hydrogen) atoms. The Hall–Kier alpha value is -2.07. The number of aryl methyl sites for hydroxylation is 1. The van der Waals surface area contributed by atoms with Gasteiger partial charge in [0.25, 0.3) is 5.91 Å². The molecule has 0 aliphatic heterocycles. The van der Waals surface area contributed by atoms with E-state index >= 15 is 0 Å². The van der Waals surface area contributed by atoms with Crippen LogP contribution in [0.15, 0.2) is 40.8 Å². The minimum atomic E-state index is -0.196. The summed E-state index contributed by atoms with van der Waals surface area (Å²) >= 11 is 0. The Morgan fingerprint density at radius 1 is 1.26 bits per heavy atom. The number of hydrogen-bond donors (Lipinski definition) is 2. The summed E-state index contributed by atoms with van der Waals surface area (Å²) in [6.07, 6.45) is 0.784. The van der Waals surface area contributed by atoms with Crippen molar-refractivity contribution in [3.63, 3.8) is 0 Å². The monoisotopic (exact) mass is 258 g/mol. The molecule has 0 unspecified atom stereocenters. The van der Waals surface area contributed by atoms with Gasteiger partial charge in [-0.15, -0.1) is 0 Å². The highest BCUT2D eigenvalue weighted by Gasteiger charge is 2.10. The van der Waals surface area contributed by atoms with E-state index in [9.17, 15) is 4.79 Å². The predicted molar refractivity (Wildman–Crippen MR) is 73.6 cm³/mol. The molecule has 0 radical (unpaired) electrons. The Bertz CT molecular complexity index is 561. The van der Waals surface area contributed by atoms with Crippen LogP contribution < -0.4 is 11.1 Å². The van der Waals surface area contributed by atoms with Crippen molar-refractivity contribution in [3.05, 3.63) is 59.0 Å². The molecule has 1 heterocycles. The molecule has 0 fully saturated rings. The van der Waals surface area contributed by atoms with Gasteiger partial charge in [0, 0.05) is 19.5 Å². The Balaban J connectivity index is 1.96. The molecule has 1 aromatic heterocycles. The number of carbonyl (C=O) groups excluding carboxylic acids is 1. The first-order valence-electron chi connectivity index (χ1n) is 6.37. The van der Waals surface area contributed by atoms with Crippen LogP contribution in [0.3, 0.4) is 0 Å². The predicted octanol–water partition coefficient (Wildman–Crippen LogP) is 2.23. The minimum Gasteiger partial charge on any atom is -0.456 e. The van der Waals surface area contributed by atoms with Crippen molar-refractivity contribution < 1.29 is 9.21 Å². The summed E-state index contributed by atoms with van der Waals surface area (Å²) in [4.78, 5) is 11.9. The molecule has 2 aromatic rings. The van der Waals surface area contributed by atoms with E-state index in [0.29, 0.717) is 18.8 Å². The Morgan fingerprint density at radius 3 is 2.74 bits per heavy atom. The van der Waals surface area contributed by atoms with Crippen LogP contribution in [-0.2, 0) is 19.5 Å². The zero-order valence-corrected chi connectivity index (χ0v) is 11.0. The van der Waals surface area contributed by atoms with Crippen molar-refractivity contribution in [2.75, 3.05) is 0 Å². The molecule has 0 atom stereocenters. The fraction of sp³-hybridized carbons (Fsp3) is 0.267. The van der Waals surface area contributed by atoms with Crippen LogP contribution in [0.25, 0.3) is 0 Å². The van der Waals surface area contributed by atoms with Crippen LogP contribution >= 0.6 is 0 Å². The van der Waals surface area contributed by atoms with Crippen molar-refractivity contribution in [2.24, 2.45) is 5.73 Å². The van der Waals surface area contributed by atoms with Crippen LogP contribution in [0.2, 0.25) is 0 Å². The Labute approximate surface area is 112 Å². The normalized spacial score (nSPS) is 10.4. The van der Waals surface area contributed by atoms with Crippen LogP contribution in [0.1, 0.15) is 34.4 Å². The molecule has 100 valence electrons. The SMILES string of the molecule is CCc1ccc(C(=O)NCc2cccc(CN)c2)o1. The second kappa shape index (κ2) is 6.20. The molecule has 0 aliphatic carbocycles. The van der Waals surface area contributed by atoms with E-state index in [1.54, 1.807) is 6.07 Å². The first-order valence-corrected chi connectivity index (χ1v) is 6.37. The quantitative estimate of drug-likeness (QED) is 0.864. The van der Waals surface area contributed by atoms with E-state index in [1.807, 2.05) is 37.3 Å². The number of benzene rings is 1. The van der Waals surface area contributed by atoms with Crippen molar-refractivity contribution in [1.29, 1.82) is 0 Å². The van der Waals surface area contributed by atoms with E-state index in [1.165, 1.54) is 0 Å². The smallest absolute Gasteiger partial charge is 0.287 e. The number of furan rings is 1. The molecule has 0 aliphatic rings. The summed E-state index contributed by atoms with van der Waals surface area (Å²) in [5.41, 5.74) is 7.66. The fourth-order valence-electron chi connectivity index (χ4n) is 1.83. The second-order valence-electron chi connectivity index (χ2n) is 4.33. The second-order valence-corrected chi connectivity index (χ2v) is 4.33. The number of carbonyl (C=O) groups is 1. The average Bonchev–Trinajstić information content (AvgIpc) is 2.94. The van der Waals surface area contributed by atoms with Crippen LogP contribution in [0.4, 0.5) is 0 Å². The van der Waals surface area contributed by atoms with Gasteiger partial charge in [-0.1, -0.05) is 31.2 Å². The molecule has 4 nitrogen and oxygen atoms in total. The van der Waals surface area contributed by atoms with E-state index in [0.717, 1.165) is 23.3 Å². The van der Waals surface area contributed by atoms with Gasteiger partial charge in [0.2, 0.25) is 0 Å². The summed E-state index contributed by atoms with van der Waals surface area (Å²) in [6, 6.07) is 11.4. The maximum absolute atomic E-state index is 11.9. The Kier molecular flexibility index (Phi) is 4.36. The number of nitrogens with two attached hydrogens (primary N) is 1. The molecular formula is C15H18N2O2. The lowest BCUT2D eigenvalue weighted by Crippen LogP contribution is -2.22. The zero-order valence-electron chi connectivity index (χ0n) is 11.0. The lowest BCUT2D eigenvalue weighted by molar-refractivity contribution is 0.0921. The third kappa shape index (κ3) is 3.45. The highest BCUT2D eigenvalue weighted by molar-refractivity contribution is 5.91. The first kappa shape index (κ1) is 13.4. The van der Waals surface area contributed by atoms with Crippen molar-refractivity contribution in [3.8, 4) is 0 Å². The van der Waals surface area contributed by atoms with Gasteiger partial charge in [0.05, 0.1) is 0 Å². The van der Waals surface area contributed by atoms with E-state index in [-0.39, 0.29) is 5.91 Å². The van der Waals surface area contributed by atoms with Gasteiger partial charge in [-0.3, -0.25) is 4.79 Å². The van der Waals surface area contributed by atoms with Crippen molar-refractivity contribution >= 4 is 5.91 Å². The maximum Gasteiger partial charge on any atom is 0.287 e. The lowest BCUT2D eigenvalue weighted by Gasteiger charge is -2.05. The molecule has 1 amide bonds. The van der Waals surface area contributed by atoms with Gasteiger partial charge >= 0.3 is 0 Å². The van der Waals surface area contributed by atoms with Gasteiger partial charge in [-0.25, -0.2) is 0 Å². The summed E-state index contributed by atoms with van der Waals surface area (Å²) in [7, 11) is 0. The van der Waals surface area contributed by atoms with E-state index in [4.69, 9.17) is 10.2 Å². The number of hydrogen-bond acceptors (Lipinski definition) is 3. The van der Waals surface area contributed by atoms with Gasteiger partial charge < -0.3 is 15.5 Å². The number of rotatable bonds is 5. The third-order valence-corrected chi connectivity index (χ3v) is 2.91. The van der Waals surface area contributed by atoms with Crippen molar-refractivity contribution in [1.82, 2.24) is 5.32 Å². The van der Waals surface area contributed by atoms with Gasteiger partial charge in [0.15, 0.2) is 5.76 Å². The van der Waals surface area contributed by atoms with Gasteiger partial charge in [-0.05, 0) is 23.3 Å². The third-order valence-electron chi connectivity index (χ3n) is 2.91.